The van der Waals surface area contributed by atoms with Crippen molar-refractivity contribution < 1.29 is 9.53 Å². The molecule has 1 aromatic carbocycles. The van der Waals surface area contributed by atoms with Gasteiger partial charge < -0.3 is 15.4 Å². The summed E-state index contributed by atoms with van der Waals surface area (Å²) < 4.78 is 5.37. The standard InChI is InChI=1S/C17H19N3O2S/c1-22-14-5-3-2-4-11(14)17-18-9-15(23-17)16(21)20-13-8-10-6-7-12(13)19-10/h2-5,9-10,12-13,19H,6-8H2,1H3,(H,20,21)/t10-,12+,13-/m1/s1. The fraction of sp³-hybridized carbons (Fsp3) is 0.412. The number of para-hydroxylation sites is 1. The number of thiazole rings is 1. The van der Waals surface area contributed by atoms with Gasteiger partial charge in [-0.05, 0) is 31.4 Å². The maximum absolute atomic E-state index is 12.5. The van der Waals surface area contributed by atoms with Crippen molar-refractivity contribution in [1.29, 1.82) is 0 Å². The van der Waals surface area contributed by atoms with E-state index in [2.05, 4.69) is 15.6 Å². The van der Waals surface area contributed by atoms with Gasteiger partial charge in [0.05, 0.1) is 18.9 Å². The monoisotopic (exact) mass is 329 g/mol. The van der Waals surface area contributed by atoms with E-state index in [4.69, 9.17) is 4.74 Å². The van der Waals surface area contributed by atoms with E-state index in [-0.39, 0.29) is 11.9 Å². The molecule has 1 aromatic heterocycles. The van der Waals surface area contributed by atoms with Crippen molar-refractivity contribution in [1.82, 2.24) is 15.6 Å². The first-order chi connectivity index (χ1) is 11.2. The first-order valence-corrected chi connectivity index (χ1v) is 8.72. The lowest BCUT2D eigenvalue weighted by molar-refractivity contribution is 0.0935. The summed E-state index contributed by atoms with van der Waals surface area (Å²) in [5.74, 6) is 0.745. The third-order valence-electron chi connectivity index (χ3n) is 4.68. The molecule has 2 saturated heterocycles. The van der Waals surface area contributed by atoms with Crippen LogP contribution in [0, 0.1) is 0 Å². The summed E-state index contributed by atoms with van der Waals surface area (Å²) in [5.41, 5.74) is 0.917. The molecule has 3 heterocycles. The Hall–Kier alpha value is -1.92. The van der Waals surface area contributed by atoms with Crippen LogP contribution in [-0.4, -0.2) is 36.1 Å². The zero-order valence-electron chi connectivity index (χ0n) is 12.9. The zero-order valence-corrected chi connectivity index (χ0v) is 13.7. The Bertz CT molecular complexity index is 730. The highest BCUT2D eigenvalue weighted by atomic mass is 32.1. The molecule has 1 amide bonds. The minimum Gasteiger partial charge on any atom is -0.496 e. The van der Waals surface area contributed by atoms with Gasteiger partial charge in [-0.2, -0.15) is 0 Å². The number of amides is 1. The molecule has 120 valence electrons. The highest BCUT2D eigenvalue weighted by molar-refractivity contribution is 7.16. The summed E-state index contributed by atoms with van der Waals surface area (Å²) in [6.45, 7) is 0. The normalized spacial score (nSPS) is 25.5. The lowest BCUT2D eigenvalue weighted by atomic mass is 9.95. The third-order valence-corrected chi connectivity index (χ3v) is 5.71. The average molecular weight is 329 g/mol. The summed E-state index contributed by atoms with van der Waals surface area (Å²) in [7, 11) is 1.64. The van der Waals surface area contributed by atoms with Crippen molar-refractivity contribution >= 4 is 17.2 Å². The highest BCUT2D eigenvalue weighted by Crippen LogP contribution is 2.33. The van der Waals surface area contributed by atoms with Crippen molar-refractivity contribution in [3.63, 3.8) is 0 Å². The molecule has 2 N–H and O–H groups in total. The van der Waals surface area contributed by atoms with Gasteiger partial charge in [-0.3, -0.25) is 4.79 Å². The van der Waals surface area contributed by atoms with Gasteiger partial charge >= 0.3 is 0 Å². The van der Waals surface area contributed by atoms with E-state index in [1.807, 2.05) is 24.3 Å². The van der Waals surface area contributed by atoms with E-state index < -0.39 is 0 Å². The smallest absolute Gasteiger partial charge is 0.263 e. The molecule has 0 aliphatic carbocycles. The van der Waals surface area contributed by atoms with Crippen LogP contribution in [0.2, 0.25) is 0 Å². The fourth-order valence-corrected chi connectivity index (χ4v) is 4.40. The second-order valence-electron chi connectivity index (χ2n) is 6.09. The molecule has 2 aliphatic rings. The van der Waals surface area contributed by atoms with Gasteiger partial charge in [0.2, 0.25) is 0 Å². The minimum atomic E-state index is -0.0250. The van der Waals surface area contributed by atoms with Gasteiger partial charge in [-0.1, -0.05) is 12.1 Å². The number of benzene rings is 1. The van der Waals surface area contributed by atoms with E-state index in [0.29, 0.717) is 17.0 Å². The summed E-state index contributed by atoms with van der Waals surface area (Å²) in [5, 5.41) is 7.50. The van der Waals surface area contributed by atoms with Crippen LogP contribution in [0.5, 0.6) is 5.75 Å². The van der Waals surface area contributed by atoms with E-state index in [9.17, 15) is 4.79 Å². The van der Waals surface area contributed by atoms with Crippen LogP contribution in [0.3, 0.4) is 0 Å². The molecule has 0 spiro atoms. The molecule has 23 heavy (non-hydrogen) atoms. The van der Waals surface area contributed by atoms with Crippen LogP contribution in [0.4, 0.5) is 0 Å². The number of ether oxygens (including phenoxy) is 1. The molecule has 4 rings (SSSR count). The number of nitrogens with zero attached hydrogens (tertiary/aromatic N) is 1. The Morgan fingerprint density at radius 1 is 1.39 bits per heavy atom. The molecule has 2 aliphatic heterocycles. The number of nitrogens with one attached hydrogen (secondary N) is 2. The predicted octanol–water partition coefficient (Wildman–Crippen LogP) is 2.44. The van der Waals surface area contributed by atoms with Crippen molar-refractivity contribution in [2.45, 2.75) is 37.4 Å². The van der Waals surface area contributed by atoms with Gasteiger partial charge in [0.15, 0.2) is 0 Å². The minimum absolute atomic E-state index is 0.0250. The first kappa shape index (κ1) is 14.7. The maximum atomic E-state index is 12.5. The van der Waals surface area contributed by atoms with Gasteiger partial charge in [-0.15, -0.1) is 11.3 Å². The van der Waals surface area contributed by atoms with E-state index in [1.165, 1.54) is 17.8 Å². The first-order valence-electron chi connectivity index (χ1n) is 7.90. The Balaban J connectivity index is 1.50. The molecule has 0 radical (unpaired) electrons. The van der Waals surface area contributed by atoms with Crippen molar-refractivity contribution in [3.8, 4) is 16.3 Å². The SMILES string of the molecule is COc1ccccc1-c1ncc(C(=O)N[C@@H]2C[C@H]3CC[C@@H]2N3)s1. The molecule has 5 nitrogen and oxygen atoms in total. The number of carbonyl (C=O) groups is 1. The second-order valence-corrected chi connectivity index (χ2v) is 7.12. The lowest BCUT2D eigenvalue weighted by Crippen LogP contribution is -2.42. The summed E-state index contributed by atoms with van der Waals surface area (Å²) in [6, 6.07) is 8.99. The van der Waals surface area contributed by atoms with Crippen LogP contribution in [0.25, 0.3) is 10.6 Å². The third kappa shape index (κ3) is 2.72. The van der Waals surface area contributed by atoms with Gasteiger partial charge in [-0.25, -0.2) is 4.98 Å². The zero-order chi connectivity index (χ0) is 15.8. The van der Waals surface area contributed by atoms with Crippen LogP contribution in [0.15, 0.2) is 30.5 Å². The largest absolute Gasteiger partial charge is 0.496 e. The van der Waals surface area contributed by atoms with Gasteiger partial charge in [0.25, 0.3) is 5.91 Å². The summed E-state index contributed by atoms with van der Waals surface area (Å²) >= 11 is 1.40. The average Bonchev–Trinajstić information content (AvgIpc) is 3.31. The van der Waals surface area contributed by atoms with Crippen LogP contribution < -0.4 is 15.4 Å². The molecular weight excluding hydrogens is 310 g/mol. The number of fused-ring (bicyclic) bond motifs is 2. The molecule has 2 aromatic rings. The van der Waals surface area contributed by atoms with Crippen LogP contribution >= 0.6 is 11.3 Å². The van der Waals surface area contributed by atoms with E-state index >= 15 is 0 Å². The fourth-order valence-electron chi connectivity index (χ4n) is 3.55. The van der Waals surface area contributed by atoms with E-state index in [0.717, 1.165) is 29.2 Å². The molecule has 0 unspecified atom stereocenters. The second kappa shape index (κ2) is 5.94. The van der Waals surface area contributed by atoms with E-state index in [1.54, 1.807) is 13.3 Å². The number of methoxy groups -OCH3 is 1. The van der Waals surface area contributed by atoms with Crippen molar-refractivity contribution in [3.05, 3.63) is 35.3 Å². The maximum Gasteiger partial charge on any atom is 0.263 e. The number of hydrogen-bond donors (Lipinski definition) is 2. The number of rotatable bonds is 4. The molecule has 0 saturated carbocycles. The van der Waals surface area contributed by atoms with Crippen molar-refractivity contribution in [2.75, 3.05) is 7.11 Å². The molecule has 2 bridgehead atoms. The predicted molar refractivity (Wildman–Crippen MR) is 89.9 cm³/mol. The van der Waals surface area contributed by atoms with Gasteiger partial charge in [0.1, 0.15) is 15.6 Å². The Kier molecular flexibility index (Phi) is 3.79. The van der Waals surface area contributed by atoms with Crippen molar-refractivity contribution in [2.24, 2.45) is 0 Å². The molecule has 6 heteroatoms. The summed E-state index contributed by atoms with van der Waals surface area (Å²) in [6.07, 6.45) is 5.08. The Morgan fingerprint density at radius 3 is 3.00 bits per heavy atom. The number of hydrogen-bond acceptors (Lipinski definition) is 5. The molecular formula is C17H19N3O2S. The summed E-state index contributed by atoms with van der Waals surface area (Å²) in [4.78, 5) is 17.5. The van der Waals surface area contributed by atoms with Crippen LogP contribution in [-0.2, 0) is 0 Å². The van der Waals surface area contributed by atoms with Crippen LogP contribution in [0.1, 0.15) is 28.9 Å². The topological polar surface area (TPSA) is 63.2 Å². The Morgan fingerprint density at radius 2 is 2.26 bits per heavy atom. The molecule has 2 fully saturated rings. The number of aromatic nitrogens is 1. The number of carbonyl (C=O) groups excluding carboxylic acids is 1. The Labute approximate surface area is 139 Å². The van der Waals surface area contributed by atoms with Gasteiger partial charge in [0, 0.05) is 18.1 Å². The quantitative estimate of drug-likeness (QED) is 0.904. The highest BCUT2D eigenvalue weighted by Gasteiger charge is 2.39. The lowest BCUT2D eigenvalue weighted by Gasteiger charge is -2.20. The molecule has 3 atom stereocenters.